The quantitative estimate of drug-likeness (QED) is 0.665. The molecule has 0 radical (unpaired) electrons. The first-order chi connectivity index (χ1) is 7.81. The number of nitriles is 1. The lowest BCUT2D eigenvalue weighted by Gasteiger charge is -2.11. The molecule has 16 heavy (non-hydrogen) atoms. The van der Waals surface area contributed by atoms with E-state index >= 15 is 0 Å². The van der Waals surface area contributed by atoms with E-state index in [-0.39, 0.29) is 0 Å². The molecule has 3 rings (SSSR count). The predicted octanol–water partition coefficient (Wildman–Crippen LogP) is 1.72. The Labute approximate surface area is 89.8 Å². The summed E-state index contributed by atoms with van der Waals surface area (Å²) in [6, 6.07) is 8.20. The molecule has 0 fully saturated rings. The van der Waals surface area contributed by atoms with Crippen LogP contribution in [0.2, 0.25) is 0 Å². The zero-order valence-corrected chi connectivity index (χ0v) is 8.03. The van der Waals surface area contributed by atoms with Crippen molar-refractivity contribution < 1.29 is 4.79 Å². The molecule has 2 heterocycles. The predicted molar refractivity (Wildman–Crippen MR) is 53.9 cm³/mol. The third kappa shape index (κ3) is 0.995. The molecule has 1 unspecified atom stereocenters. The van der Waals surface area contributed by atoms with Crippen molar-refractivity contribution in [3.63, 3.8) is 0 Å². The van der Waals surface area contributed by atoms with E-state index in [1.54, 1.807) is 12.1 Å². The minimum Gasteiger partial charge on any atom is -0.282 e. The van der Waals surface area contributed by atoms with Crippen LogP contribution in [0.4, 0.5) is 5.95 Å². The number of hydrogen-bond donors (Lipinski definition) is 0. The van der Waals surface area contributed by atoms with Gasteiger partial charge < -0.3 is 0 Å². The number of carbonyl (C=O) groups excluding carboxylic acids is 1. The molecule has 76 valence electrons. The molecular formula is C10H5N5O. The molecule has 6 nitrogen and oxygen atoms in total. The number of para-hydroxylation sites is 2. The molecule has 1 aliphatic rings. The van der Waals surface area contributed by atoms with Gasteiger partial charge in [-0.1, -0.05) is 12.1 Å². The van der Waals surface area contributed by atoms with Crippen molar-refractivity contribution in [2.24, 2.45) is 10.2 Å². The first-order valence-corrected chi connectivity index (χ1v) is 4.63. The molecule has 1 amide bonds. The number of amides is 1. The van der Waals surface area contributed by atoms with E-state index in [9.17, 15) is 4.79 Å². The largest absolute Gasteiger partial charge is 0.302 e. The Kier molecular flexibility index (Phi) is 1.62. The summed E-state index contributed by atoms with van der Waals surface area (Å²) in [7, 11) is 0. The highest BCUT2D eigenvalue weighted by atomic mass is 16.2. The second-order valence-corrected chi connectivity index (χ2v) is 3.34. The second kappa shape index (κ2) is 2.97. The van der Waals surface area contributed by atoms with Gasteiger partial charge in [-0.3, -0.25) is 9.36 Å². The van der Waals surface area contributed by atoms with Crippen LogP contribution in [0.3, 0.4) is 0 Å². The van der Waals surface area contributed by atoms with Gasteiger partial charge in [-0.15, -0.1) is 10.2 Å². The van der Waals surface area contributed by atoms with Crippen LogP contribution < -0.4 is 0 Å². The van der Waals surface area contributed by atoms with Gasteiger partial charge in [-0.25, -0.2) is 4.98 Å². The number of fused-ring (bicyclic) bond motifs is 3. The minimum atomic E-state index is -0.958. The molecule has 1 atom stereocenters. The van der Waals surface area contributed by atoms with E-state index in [1.807, 2.05) is 18.2 Å². The van der Waals surface area contributed by atoms with Crippen LogP contribution in [-0.4, -0.2) is 15.5 Å². The Hall–Kier alpha value is -2.55. The van der Waals surface area contributed by atoms with E-state index in [0.717, 1.165) is 5.52 Å². The van der Waals surface area contributed by atoms with Crippen molar-refractivity contribution in [3.8, 4) is 6.07 Å². The zero-order valence-electron chi connectivity index (χ0n) is 8.03. The first kappa shape index (κ1) is 8.73. The summed E-state index contributed by atoms with van der Waals surface area (Å²) < 4.78 is 1.50. The number of benzene rings is 1. The molecule has 0 N–H and O–H groups in total. The summed E-state index contributed by atoms with van der Waals surface area (Å²) in [4.78, 5) is 15.6. The fraction of sp³-hybridized carbons (Fsp3) is 0.100. The topological polar surface area (TPSA) is 83.4 Å². The van der Waals surface area contributed by atoms with Gasteiger partial charge in [0.25, 0.3) is 5.95 Å². The van der Waals surface area contributed by atoms with Gasteiger partial charge in [0.15, 0.2) is 0 Å². The number of carbonyl (C=O) groups is 1. The van der Waals surface area contributed by atoms with E-state index < -0.39 is 11.9 Å². The highest BCUT2D eigenvalue weighted by Crippen LogP contribution is 2.30. The van der Waals surface area contributed by atoms with Crippen LogP contribution in [0.25, 0.3) is 11.0 Å². The van der Waals surface area contributed by atoms with E-state index in [1.165, 1.54) is 4.57 Å². The van der Waals surface area contributed by atoms with Crippen molar-refractivity contribution in [1.29, 1.82) is 5.26 Å². The Morgan fingerprint density at radius 2 is 2.12 bits per heavy atom. The number of imidazole rings is 1. The summed E-state index contributed by atoms with van der Waals surface area (Å²) in [6.07, 6.45) is 0. The normalized spacial score (nSPS) is 18.4. The maximum Gasteiger partial charge on any atom is 0.302 e. The monoisotopic (exact) mass is 211 g/mol. The number of nitrogens with zero attached hydrogens (tertiary/aromatic N) is 5. The van der Waals surface area contributed by atoms with Crippen LogP contribution in [0.5, 0.6) is 0 Å². The molecule has 0 spiro atoms. The van der Waals surface area contributed by atoms with Crippen molar-refractivity contribution in [1.82, 2.24) is 9.55 Å². The molecule has 6 heteroatoms. The molecule has 2 aromatic rings. The zero-order chi connectivity index (χ0) is 11.1. The van der Waals surface area contributed by atoms with Gasteiger partial charge in [0.2, 0.25) is 6.04 Å². The Balaban J connectivity index is 2.40. The average Bonchev–Trinajstić information content (AvgIpc) is 2.68. The lowest BCUT2D eigenvalue weighted by atomic mass is 10.2. The fourth-order valence-electron chi connectivity index (χ4n) is 1.73. The van der Waals surface area contributed by atoms with E-state index in [2.05, 4.69) is 15.2 Å². The summed E-state index contributed by atoms with van der Waals surface area (Å²) in [5.74, 6) is -0.259. The van der Waals surface area contributed by atoms with Gasteiger partial charge in [0, 0.05) is 0 Å². The summed E-state index contributed by atoms with van der Waals surface area (Å²) >= 11 is 0. The summed E-state index contributed by atoms with van der Waals surface area (Å²) in [5, 5.41) is 16.0. The highest BCUT2D eigenvalue weighted by Gasteiger charge is 2.28. The highest BCUT2D eigenvalue weighted by molar-refractivity contribution is 5.89. The maximum absolute atomic E-state index is 11.4. The molecule has 0 saturated heterocycles. The molecule has 0 bridgehead atoms. The van der Waals surface area contributed by atoms with Gasteiger partial charge in [-0.2, -0.15) is 5.26 Å². The van der Waals surface area contributed by atoms with Crippen LogP contribution in [0.15, 0.2) is 34.5 Å². The van der Waals surface area contributed by atoms with Crippen LogP contribution in [0, 0.1) is 11.3 Å². The number of azo groups is 1. The number of aromatic nitrogens is 2. The Bertz CT molecular complexity index is 663. The standard InChI is InChI=1S/C10H5N5O/c11-5-8-9(16)13-14-10-12-6-3-1-2-4-7(6)15(8)10/h1-4,8H. The Morgan fingerprint density at radius 1 is 1.31 bits per heavy atom. The number of rotatable bonds is 0. The third-order valence-corrected chi connectivity index (χ3v) is 2.43. The minimum absolute atomic E-state index is 0.298. The van der Waals surface area contributed by atoms with Gasteiger partial charge in [0.05, 0.1) is 17.1 Å². The lowest BCUT2D eigenvalue weighted by molar-refractivity contribution is -0.120. The summed E-state index contributed by atoms with van der Waals surface area (Å²) in [5.41, 5.74) is 1.42. The first-order valence-electron chi connectivity index (χ1n) is 4.63. The molecule has 1 aromatic carbocycles. The van der Waals surface area contributed by atoms with Gasteiger partial charge in [-0.05, 0) is 12.1 Å². The lowest BCUT2D eigenvalue weighted by Crippen LogP contribution is -2.18. The van der Waals surface area contributed by atoms with Gasteiger partial charge in [0.1, 0.15) is 0 Å². The van der Waals surface area contributed by atoms with Gasteiger partial charge >= 0.3 is 5.91 Å². The van der Waals surface area contributed by atoms with Crippen LogP contribution in [0.1, 0.15) is 6.04 Å². The average molecular weight is 211 g/mol. The molecular weight excluding hydrogens is 206 g/mol. The Morgan fingerprint density at radius 3 is 2.94 bits per heavy atom. The van der Waals surface area contributed by atoms with E-state index in [4.69, 9.17) is 5.26 Å². The van der Waals surface area contributed by atoms with E-state index in [0.29, 0.717) is 11.5 Å². The smallest absolute Gasteiger partial charge is 0.282 e. The third-order valence-electron chi connectivity index (χ3n) is 2.43. The van der Waals surface area contributed by atoms with Crippen LogP contribution in [-0.2, 0) is 4.79 Å². The SMILES string of the molecule is N#CC1C(=O)N=Nc2nc3ccccc3n21. The molecule has 0 saturated carbocycles. The van der Waals surface area contributed by atoms with Crippen molar-refractivity contribution >= 4 is 22.9 Å². The van der Waals surface area contributed by atoms with Crippen LogP contribution >= 0.6 is 0 Å². The summed E-state index contributed by atoms with van der Waals surface area (Å²) in [6.45, 7) is 0. The second-order valence-electron chi connectivity index (χ2n) is 3.34. The maximum atomic E-state index is 11.4. The number of hydrogen-bond acceptors (Lipinski definition) is 4. The molecule has 1 aromatic heterocycles. The molecule has 0 aliphatic carbocycles. The van der Waals surface area contributed by atoms with Crippen molar-refractivity contribution in [2.75, 3.05) is 0 Å². The fourth-order valence-corrected chi connectivity index (χ4v) is 1.73. The van der Waals surface area contributed by atoms with Crippen molar-refractivity contribution in [2.45, 2.75) is 6.04 Å². The van der Waals surface area contributed by atoms with Crippen molar-refractivity contribution in [3.05, 3.63) is 24.3 Å². The molecule has 1 aliphatic heterocycles.